The van der Waals surface area contributed by atoms with E-state index in [1.807, 2.05) is 36.4 Å². The van der Waals surface area contributed by atoms with Crippen molar-refractivity contribution in [3.8, 4) is 0 Å². The number of carbonyl (C=O) groups excluding carboxylic acids is 1. The molecule has 2 aromatic carbocycles. The van der Waals surface area contributed by atoms with E-state index in [1.54, 1.807) is 7.11 Å². The van der Waals surface area contributed by atoms with Crippen LogP contribution in [0.15, 0.2) is 60.7 Å². The Bertz CT molecular complexity index is 612. The van der Waals surface area contributed by atoms with Gasteiger partial charge in [-0.05, 0) is 11.1 Å². The number of ether oxygens (including phenoxy) is 1. The molecule has 0 saturated carbocycles. The summed E-state index contributed by atoms with van der Waals surface area (Å²) in [5.41, 5.74) is 1.90. The molecule has 108 valence electrons. The van der Waals surface area contributed by atoms with E-state index >= 15 is 0 Å². The summed E-state index contributed by atoms with van der Waals surface area (Å²) < 4.78 is 5.49. The number of rotatable bonds is 4. The van der Waals surface area contributed by atoms with E-state index in [0.717, 1.165) is 11.1 Å². The summed E-state index contributed by atoms with van der Waals surface area (Å²) in [4.78, 5) is 12.1. The molecule has 1 amide bonds. The molecule has 3 heteroatoms. The van der Waals surface area contributed by atoms with E-state index in [4.69, 9.17) is 4.74 Å². The lowest BCUT2D eigenvalue weighted by Crippen LogP contribution is -2.37. The standard InChI is InChI=1S/C18H19NO2/c1-21-13-18(15-10-6-3-7-11-15)12-16(20)19-17(18)14-8-4-2-5-9-14/h2-11,17H,12-13H2,1H3,(H,19,20). The van der Waals surface area contributed by atoms with Crippen LogP contribution in [0.5, 0.6) is 0 Å². The second kappa shape index (κ2) is 5.70. The number of methoxy groups -OCH3 is 1. The van der Waals surface area contributed by atoms with Crippen molar-refractivity contribution >= 4 is 5.91 Å². The normalized spacial score (nSPS) is 24.8. The Kier molecular flexibility index (Phi) is 3.76. The number of amides is 1. The Balaban J connectivity index is 2.10. The SMILES string of the molecule is COCC1(c2ccccc2)CC(=O)NC1c1ccccc1. The van der Waals surface area contributed by atoms with Gasteiger partial charge in [0.15, 0.2) is 0 Å². The maximum atomic E-state index is 12.1. The van der Waals surface area contributed by atoms with Crippen molar-refractivity contribution in [2.75, 3.05) is 13.7 Å². The minimum atomic E-state index is -0.353. The van der Waals surface area contributed by atoms with Crippen LogP contribution in [0.2, 0.25) is 0 Å². The number of hydrogen-bond acceptors (Lipinski definition) is 2. The molecule has 3 rings (SSSR count). The Hall–Kier alpha value is -2.13. The van der Waals surface area contributed by atoms with E-state index < -0.39 is 0 Å². The van der Waals surface area contributed by atoms with Gasteiger partial charge < -0.3 is 10.1 Å². The maximum Gasteiger partial charge on any atom is 0.221 e. The van der Waals surface area contributed by atoms with Crippen molar-refractivity contribution < 1.29 is 9.53 Å². The molecule has 21 heavy (non-hydrogen) atoms. The highest BCUT2D eigenvalue weighted by Gasteiger charge is 2.48. The molecule has 1 heterocycles. The van der Waals surface area contributed by atoms with Crippen LogP contribution in [-0.2, 0) is 14.9 Å². The molecule has 0 bridgehead atoms. The highest BCUT2D eigenvalue weighted by Crippen LogP contribution is 2.44. The lowest BCUT2D eigenvalue weighted by molar-refractivity contribution is -0.119. The molecule has 1 aliphatic heterocycles. The fourth-order valence-electron chi connectivity index (χ4n) is 3.30. The van der Waals surface area contributed by atoms with Gasteiger partial charge in [0.2, 0.25) is 5.91 Å². The van der Waals surface area contributed by atoms with Crippen molar-refractivity contribution in [2.45, 2.75) is 17.9 Å². The quantitative estimate of drug-likeness (QED) is 0.936. The van der Waals surface area contributed by atoms with Crippen LogP contribution in [0.25, 0.3) is 0 Å². The molecular weight excluding hydrogens is 262 g/mol. The monoisotopic (exact) mass is 281 g/mol. The highest BCUT2D eigenvalue weighted by atomic mass is 16.5. The lowest BCUT2D eigenvalue weighted by atomic mass is 9.72. The predicted molar refractivity (Wildman–Crippen MR) is 81.9 cm³/mol. The van der Waals surface area contributed by atoms with Gasteiger partial charge in [0.05, 0.1) is 18.1 Å². The third-order valence-electron chi connectivity index (χ3n) is 4.22. The van der Waals surface area contributed by atoms with Crippen molar-refractivity contribution in [3.05, 3.63) is 71.8 Å². The van der Waals surface area contributed by atoms with Gasteiger partial charge in [-0.1, -0.05) is 60.7 Å². The average Bonchev–Trinajstić information content (AvgIpc) is 2.87. The third-order valence-corrected chi connectivity index (χ3v) is 4.22. The molecule has 1 saturated heterocycles. The maximum absolute atomic E-state index is 12.1. The largest absolute Gasteiger partial charge is 0.384 e. The first-order chi connectivity index (χ1) is 10.3. The minimum absolute atomic E-state index is 0.0615. The van der Waals surface area contributed by atoms with Crippen LogP contribution in [-0.4, -0.2) is 19.6 Å². The van der Waals surface area contributed by atoms with Gasteiger partial charge in [0.1, 0.15) is 0 Å². The number of nitrogens with one attached hydrogen (secondary N) is 1. The summed E-state index contributed by atoms with van der Waals surface area (Å²) in [5, 5.41) is 3.13. The van der Waals surface area contributed by atoms with Gasteiger partial charge in [-0.15, -0.1) is 0 Å². The summed E-state index contributed by atoms with van der Waals surface area (Å²) >= 11 is 0. The fourth-order valence-corrected chi connectivity index (χ4v) is 3.30. The predicted octanol–water partition coefficient (Wildman–Crippen LogP) is 2.83. The first kappa shape index (κ1) is 13.8. The van der Waals surface area contributed by atoms with Crippen LogP contribution >= 0.6 is 0 Å². The van der Waals surface area contributed by atoms with E-state index in [0.29, 0.717) is 13.0 Å². The van der Waals surface area contributed by atoms with Crippen molar-refractivity contribution in [1.29, 1.82) is 0 Å². The van der Waals surface area contributed by atoms with E-state index in [-0.39, 0.29) is 17.4 Å². The van der Waals surface area contributed by atoms with Gasteiger partial charge in [-0.3, -0.25) is 4.79 Å². The Morgan fingerprint density at radius 1 is 1.10 bits per heavy atom. The third kappa shape index (κ3) is 2.45. The summed E-state index contributed by atoms with van der Waals surface area (Å²) in [6, 6.07) is 20.2. The summed E-state index contributed by atoms with van der Waals surface area (Å²) in [6.45, 7) is 0.509. The van der Waals surface area contributed by atoms with E-state index in [2.05, 4.69) is 29.6 Å². The first-order valence-electron chi connectivity index (χ1n) is 7.15. The zero-order valence-corrected chi connectivity index (χ0v) is 12.1. The van der Waals surface area contributed by atoms with Gasteiger partial charge in [-0.25, -0.2) is 0 Å². The number of carbonyl (C=O) groups is 1. The zero-order valence-electron chi connectivity index (χ0n) is 12.1. The van der Waals surface area contributed by atoms with Gasteiger partial charge in [-0.2, -0.15) is 0 Å². The fraction of sp³-hybridized carbons (Fsp3) is 0.278. The summed E-state index contributed by atoms with van der Waals surface area (Å²) in [7, 11) is 1.69. The molecule has 0 radical (unpaired) electrons. The lowest BCUT2D eigenvalue weighted by Gasteiger charge is -2.34. The van der Waals surface area contributed by atoms with Crippen molar-refractivity contribution in [1.82, 2.24) is 5.32 Å². The van der Waals surface area contributed by atoms with Crippen LogP contribution in [0.4, 0.5) is 0 Å². The second-order valence-electron chi connectivity index (χ2n) is 5.54. The molecule has 3 nitrogen and oxygen atoms in total. The van der Waals surface area contributed by atoms with Gasteiger partial charge in [0, 0.05) is 13.5 Å². The molecule has 0 spiro atoms. The van der Waals surface area contributed by atoms with E-state index in [1.165, 1.54) is 0 Å². The topological polar surface area (TPSA) is 38.3 Å². The summed E-state index contributed by atoms with van der Waals surface area (Å²) in [5.74, 6) is 0.0738. The smallest absolute Gasteiger partial charge is 0.221 e. The van der Waals surface area contributed by atoms with Crippen molar-refractivity contribution in [3.63, 3.8) is 0 Å². The van der Waals surface area contributed by atoms with Crippen LogP contribution < -0.4 is 5.32 Å². The molecule has 1 N–H and O–H groups in total. The van der Waals surface area contributed by atoms with Crippen LogP contribution in [0, 0.1) is 0 Å². The van der Waals surface area contributed by atoms with Crippen LogP contribution in [0.1, 0.15) is 23.6 Å². The van der Waals surface area contributed by atoms with Crippen LogP contribution in [0.3, 0.4) is 0 Å². The molecule has 1 aliphatic rings. The molecule has 1 fully saturated rings. The molecule has 2 aromatic rings. The molecule has 2 unspecified atom stereocenters. The Morgan fingerprint density at radius 2 is 1.71 bits per heavy atom. The van der Waals surface area contributed by atoms with Gasteiger partial charge in [0.25, 0.3) is 0 Å². The summed E-state index contributed by atoms with van der Waals surface area (Å²) in [6.07, 6.45) is 0.449. The number of hydrogen-bond donors (Lipinski definition) is 1. The average molecular weight is 281 g/mol. The molecule has 2 atom stereocenters. The minimum Gasteiger partial charge on any atom is -0.384 e. The molecule has 0 aliphatic carbocycles. The van der Waals surface area contributed by atoms with Gasteiger partial charge >= 0.3 is 0 Å². The van der Waals surface area contributed by atoms with E-state index in [9.17, 15) is 4.79 Å². The Morgan fingerprint density at radius 3 is 2.33 bits per heavy atom. The molecular formula is C18H19NO2. The number of benzene rings is 2. The second-order valence-corrected chi connectivity index (χ2v) is 5.54. The first-order valence-corrected chi connectivity index (χ1v) is 7.15. The zero-order chi connectivity index (χ0) is 14.7. The molecule has 0 aromatic heterocycles. The highest BCUT2D eigenvalue weighted by molar-refractivity contribution is 5.82. The van der Waals surface area contributed by atoms with Crippen molar-refractivity contribution in [2.24, 2.45) is 0 Å². The Labute approximate surface area is 124 Å².